The molecule has 2 aliphatic rings. The molecule has 0 N–H and O–H groups in total. The molecule has 0 aliphatic carbocycles. The Kier molecular flexibility index (Phi) is 3.87. The number of rotatable bonds is 3. The Bertz CT molecular complexity index is 370. The Labute approximate surface area is 106 Å². The largest absolute Gasteiger partial charge is 0.381 e. The third-order valence-corrected chi connectivity index (χ3v) is 3.52. The summed E-state index contributed by atoms with van der Waals surface area (Å²) >= 11 is 0. The predicted octanol–water partition coefficient (Wildman–Crippen LogP) is 0.796. The van der Waals surface area contributed by atoms with Crippen LogP contribution < -0.4 is 0 Å². The normalized spacial score (nSPS) is 23.3. The molecule has 0 spiro atoms. The van der Waals surface area contributed by atoms with Crippen LogP contribution in [-0.4, -0.2) is 54.6 Å². The zero-order chi connectivity index (χ0) is 12.2. The van der Waals surface area contributed by atoms with E-state index in [9.17, 15) is 0 Å². The second-order valence-corrected chi connectivity index (χ2v) is 4.82. The fourth-order valence-electron chi connectivity index (χ4n) is 2.40. The molecule has 6 nitrogen and oxygen atoms in total. The highest BCUT2D eigenvalue weighted by Crippen LogP contribution is 2.25. The van der Waals surface area contributed by atoms with Crippen molar-refractivity contribution in [1.29, 1.82) is 0 Å². The molecule has 0 amide bonds. The van der Waals surface area contributed by atoms with Gasteiger partial charge in [-0.1, -0.05) is 5.16 Å². The highest BCUT2D eigenvalue weighted by atomic mass is 16.5. The van der Waals surface area contributed by atoms with Gasteiger partial charge in [0.2, 0.25) is 5.89 Å². The molecular formula is C12H19N3O3. The summed E-state index contributed by atoms with van der Waals surface area (Å²) in [7, 11) is 0. The molecule has 3 heterocycles. The first-order valence-electron chi connectivity index (χ1n) is 6.62. The lowest BCUT2D eigenvalue weighted by molar-refractivity contribution is 0.0327. The molecule has 0 bridgehead atoms. The van der Waals surface area contributed by atoms with E-state index >= 15 is 0 Å². The molecule has 2 fully saturated rings. The van der Waals surface area contributed by atoms with Crippen LogP contribution >= 0.6 is 0 Å². The monoisotopic (exact) mass is 253 g/mol. The minimum absolute atomic E-state index is 0.379. The van der Waals surface area contributed by atoms with Crippen molar-refractivity contribution in [2.75, 3.05) is 39.5 Å². The SMILES string of the molecule is C1CC(c2nc(CN3CCOCC3)no2)CCO1. The quantitative estimate of drug-likeness (QED) is 0.794. The van der Waals surface area contributed by atoms with E-state index in [1.807, 2.05) is 0 Å². The summed E-state index contributed by atoms with van der Waals surface area (Å²) in [4.78, 5) is 6.81. The Hall–Kier alpha value is -0.980. The maximum Gasteiger partial charge on any atom is 0.229 e. The molecule has 0 atom stereocenters. The fraction of sp³-hybridized carbons (Fsp3) is 0.833. The van der Waals surface area contributed by atoms with E-state index in [0.717, 1.165) is 70.6 Å². The third-order valence-electron chi connectivity index (χ3n) is 3.52. The zero-order valence-electron chi connectivity index (χ0n) is 10.5. The van der Waals surface area contributed by atoms with Gasteiger partial charge in [0.15, 0.2) is 5.82 Å². The van der Waals surface area contributed by atoms with Gasteiger partial charge in [0.25, 0.3) is 0 Å². The molecule has 18 heavy (non-hydrogen) atoms. The molecule has 1 aromatic heterocycles. The van der Waals surface area contributed by atoms with Crippen LogP contribution in [0, 0.1) is 0 Å². The van der Waals surface area contributed by atoms with E-state index in [1.54, 1.807) is 0 Å². The third kappa shape index (κ3) is 2.88. The number of ether oxygens (including phenoxy) is 2. The van der Waals surface area contributed by atoms with E-state index in [-0.39, 0.29) is 0 Å². The minimum atomic E-state index is 0.379. The lowest BCUT2D eigenvalue weighted by Gasteiger charge is -2.24. The van der Waals surface area contributed by atoms with Crippen molar-refractivity contribution in [3.63, 3.8) is 0 Å². The highest BCUT2D eigenvalue weighted by molar-refractivity contribution is 4.95. The number of aromatic nitrogens is 2. The highest BCUT2D eigenvalue weighted by Gasteiger charge is 2.22. The molecule has 0 saturated carbocycles. The van der Waals surface area contributed by atoms with Crippen LogP contribution in [0.5, 0.6) is 0 Å². The lowest BCUT2D eigenvalue weighted by atomic mass is 10.0. The Balaban J connectivity index is 1.58. The first-order chi connectivity index (χ1) is 8.92. The van der Waals surface area contributed by atoms with Crippen molar-refractivity contribution in [1.82, 2.24) is 15.0 Å². The number of hydrogen-bond acceptors (Lipinski definition) is 6. The Morgan fingerprint density at radius 2 is 1.78 bits per heavy atom. The van der Waals surface area contributed by atoms with Gasteiger partial charge in [0.05, 0.1) is 19.8 Å². The van der Waals surface area contributed by atoms with Gasteiger partial charge in [-0.15, -0.1) is 0 Å². The number of morpholine rings is 1. The van der Waals surface area contributed by atoms with Gasteiger partial charge in [0.1, 0.15) is 0 Å². The van der Waals surface area contributed by atoms with Gasteiger partial charge >= 0.3 is 0 Å². The van der Waals surface area contributed by atoms with E-state index in [4.69, 9.17) is 14.0 Å². The van der Waals surface area contributed by atoms with Gasteiger partial charge in [-0.3, -0.25) is 4.90 Å². The summed E-state index contributed by atoms with van der Waals surface area (Å²) < 4.78 is 16.0. The van der Waals surface area contributed by atoms with E-state index in [0.29, 0.717) is 5.92 Å². The zero-order valence-corrected chi connectivity index (χ0v) is 10.5. The summed E-state index contributed by atoms with van der Waals surface area (Å²) in [6, 6.07) is 0. The maximum absolute atomic E-state index is 5.37. The minimum Gasteiger partial charge on any atom is -0.381 e. The van der Waals surface area contributed by atoms with Crippen molar-refractivity contribution < 1.29 is 14.0 Å². The van der Waals surface area contributed by atoms with E-state index < -0.39 is 0 Å². The molecule has 2 saturated heterocycles. The maximum atomic E-state index is 5.37. The van der Waals surface area contributed by atoms with Gasteiger partial charge < -0.3 is 14.0 Å². The van der Waals surface area contributed by atoms with Gasteiger partial charge in [-0.05, 0) is 12.8 Å². The average Bonchev–Trinajstić information content (AvgIpc) is 2.89. The molecule has 3 rings (SSSR count). The van der Waals surface area contributed by atoms with Crippen molar-refractivity contribution >= 4 is 0 Å². The second kappa shape index (κ2) is 5.77. The molecule has 0 aromatic carbocycles. The Morgan fingerprint density at radius 1 is 1.06 bits per heavy atom. The van der Waals surface area contributed by atoms with Gasteiger partial charge in [-0.25, -0.2) is 0 Å². The molecule has 0 radical (unpaired) electrons. The Morgan fingerprint density at radius 3 is 2.56 bits per heavy atom. The lowest BCUT2D eigenvalue weighted by Crippen LogP contribution is -2.35. The number of hydrogen-bond donors (Lipinski definition) is 0. The first kappa shape index (κ1) is 12.1. The first-order valence-corrected chi connectivity index (χ1v) is 6.62. The summed E-state index contributed by atoms with van der Waals surface area (Å²) in [6.45, 7) is 5.84. The van der Waals surface area contributed by atoms with Crippen molar-refractivity contribution in [2.45, 2.75) is 25.3 Å². The summed E-state index contributed by atoms with van der Waals surface area (Å²) in [5.74, 6) is 1.95. The molecule has 100 valence electrons. The average molecular weight is 253 g/mol. The standard InChI is InChI=1S/C12H19N3O3/c1-5-16-6-2-10(1)12-13-11(14-18-12)9-15-3-7-17-8-4-15/h10H,1-9H2. The van der Waals surface area contributed by atoms with Crippen LogP contribution in [-0.2, 0) is 16.0 Å². The van der Waals surface area contributed by atoms with Crippen LogP contribution in [0.15, 0.2) is 4.52 Å². The summed E-state index contributed by atoms with van der Waals surface area (Å²) in [5, 5.41) is 4.08. The van der Waals surface area contributed by atoms with Crippen LogP contribution in [0.4, 0.5) is 0 Å². The van der Waals surface area contributed by atoms with E-state index in [1.165, 1.54) is 0 Å². The molecule has 1 aromatic rings. The van der Waals surface area contributed by atoms with Crippen molar-refractivity contribution in [3.05, 3.63) is 11.7 Å². The van der Waals surface area contributed by atoms with Crippen molar-refractivity contribution in [3.8, 4) is 0 Å². The smallest absolute Gasteiger partial charge is 0.229 e. The summed E-state index contributed by atoms with van der Waals surface area (Å²) in [6.07, 6.45) is 1.97. The van der Waals surface area contributed by atoms with Gasteiger partial charge in [0, 0.05) is 32.2 Å². The van der Waals surface area contributed by atoms with Crippen LogP contribution in [0.2, 0.25) is 0 Å². The van der Waals surface area contributed by atoms with E-state index in [2.05, 4.69) is 15.0 Å². The van der Waals surface area contributed by atoms with Crippen LogP contribution in [0.25, 0.3) is 0 Å². The molecule has 6 heteroatoms. The van der Waals surface area contributed by atoms with Crippen LogP contribution in [0.1, 0.15) is 30.5 Å². The predicted molar refractivity (Wildman–Crippen MR) is 63.2 cm³/mol. The van der Waals surface area contributed by atoms with Crippen molar-refractivity contribution in [2.24, 2.45) is 0 Å². The number of nitrogens with zero attached hydrogens (tertiary/aromatic N) is 3. The molecule has 0 unspecified atom stereocenters. The van der Waals surface area contributed by atoms with Crippen LogP contribution in [0.3, 0.4) is 0 Å². The fourth-order valence-corrected chi connectivity index (χ4v) is 2.40. The van der Waals surface area contributed by atoms with Gasteiger partial charge in [-0.2, -0.15) is 4.98 Å². The topological polar surface area (TPSA) is 60.6 Å². The summed E-state index contributed by atoms with van der Waals surface area (Å²) in [5.41, 5.74) is 0. The second-order valence-electron chi connectivity index (χ2n) is 4.82. The molecular weight excluding hydrogens is 234 g/mol. The molecule has 2 aliphatic heterocycles.